The molecule has 1 saturated carbocycles. The number of hydrogen-bond acceptors (Lipinski definition) is 4. The van der Waals surface area contributed by atoms with Crippen LogP contribution in [0.2, 0.25) is 5.02 Å². The summed E-state index contributed by atoms with van der Waals surface area (Å²) in [5.41, 5.74) is 0.779. The zero-order valence-corrected chi connectivity index (χ0v) is 16.5. The van der Waals surface area contributed by atoms with Crippen LogP contribution in [-0.4, -0.2) is 38.3 Å². The van der Waals surface area contributed by atoms with Gasteiger partial charge in [0.25, 0.3) is 0 Å². The molecule has 0 bridgehead atoms. The van der Waals surface area contributed by atoms with Crippen LogP contribution >= 0.6 is 11.6 Å². The fraction of sp³-hybridized carbons (Fsp3) is 0.316. The van der Waals surface area contributed by atoms with Crippen LogP contribution in [0.25, 0.3) is 0 Å². The lowest BCUT2D eigenvalue weighted by atomic mass is 10.2. The Morgan fingerprint density at radius 2 is 1.93 bits per heavy atom. The molecular weight excluding hydrogens is 388 g/mol. The maximum atomic E-state index is 13.3. The van der Waals surface area contributed by atoms with Gasteiger partial charge < -0.3 is 10.1 Å². The maximum Gasteiger partial charge on any atom is 0.247 e. The van der Waals surface area contributed by atoms with Gasteiger partial charge in [-0.1, -0.05) is 41.9 Å². The molecule has 2 aromatic carbocycles. The van der Waals surface area contributed by atoms with Gasteiger partial charge in [0.05, 0.1) is 13.7 Å². The van der Waals surface area contributed by atoms with Gasteiger partial charge in [-0.2, -0.15) is 4.31 Å². The second-order valence-corrected chi connectivity index (χ2v) is 8.74. The van der Waals surface area contributed by atoms with E-state index in [1.165, 1.54) is 19.2 Å². The summed E-state index contributed by atoms with van der Waals surface area (Å²) in [6.07, 6.45) is 1.86. The number of rotatable bonds is 8. The number of nitrogens with zero attached hydrogens (tertiary/aromatic N) is 1. The van der Waals surface area contributed by atoms with Gasteiger partial charge in [0, 0.05) is 17.6 Å². The number of carbonyl (C=O) groups excluding carboxylic acids is 1. The number of amides is 1. The minimum absolute atomic E-state index is 0.0624. The fourth-order valence-electron chi connectivity index (χ4n) is 2.67. The van der Waals surface area contributed by atoms with Crippen LogP contribution in [0.4, 0.5) is 0 Å². The molecule has 6 nitrogen and oxygen atoms in total. The highest BCUT2D eigenvalue weighted by Crippen LogP contribution is 2.30. The monoisotopic (exact) mass is 408 g/mol. The molecule has 1 aliphatic rings. The van der Waals surface area contributed by atoms with Gasteiger partial charge >= 0.3 is 0 Å². The Hall–Kier alpha value is -2.09. The highest BCUT2D eigenvalue weighted by Gasteiger charge is 2.31. The van der Waals surface area contributed by atoms with E-state index in [-0.39, 0.29) is 40.7 Å². The average molecular weight is 409 g/mol. The van der Waals surface area contributed by atoms with E-state index in [4.69, 9.17) is 16.3 Å². The quantitative estimate of drug-likeness (QED) is 0.728. The van der Waals surface area contributed by atoms with Crippen LogP contribution < -0.4 is 10.1 Å². The lowest BCUT2D eigenvalue weighted by molar-refractivity contribution is -0.121. The third-order valence-corrected chi connectivity index (χ3v) is 6.26. The zero-order valence-electron chi connectivity index (χ0n) is 14.9. The normalized spacial score (nSPS) is 14.2. The summed E-state index contributed by atoms with van der Waals surface area (Å²) < 4.78 is 33.0. The molecule has 0 heterocycles. The standard InChI is InChI=1S/C19H21ClN2O4S/c1-26-17-10-7-15(20)11-18(17)27(24,25)22(12-14-5-3-2-4-6-14)13-19(23)21-16-8-9-16/h2-7,10-11,16H,8-9,12-13H2,1H3,(H,21,23). The van der Waals surface area contributed by atoms with Crippen molar-refractivity contribution in [1.82, 2.24) is 9.62 Å². The predicted octanol–water partition coefficient (Wildman–Crippen LogP) is 2.82. The molecule has 27 heavy (non-hydrogen) atoms. The Bertz CT molecular complexity index is 915. The molecule has 8 heteroatoms. The second kappa shape index (κ2) is 8.29. The van der Waals surface area contributed by atoms with E-state index < -0.39 is 10.0 Å². The van der Waals surface area contributed by atoms with Crippen molar-refractivity contribution in [2.24, 2.45) is 0 Å². The SMILES string of the molecule is COc1ccc(Cl)cc1S(=O)(=O)N(CC(=O)NC1CC1)Cc1ccccc1. The highest BCUT2D eigenvalue weighted by atomic mass is 35.5. The second-order valence-electron chi connectivity index (χ2n) is 6.40. The number of halogens is 1. The number of nitrogens with one attached hydrogen (secondary N) is 1. The lowest BCUT2D eigenvalue weighted by Gasteiger charge is -2.23. The summed E-state index contributed by atoms with van der Waals surface area (Å²) in [4.78, 5) is 12.3. The summed E-state index contributed by atoms with van der Waals surface area (Å²) in [6.45, 7) is -0.208. The van der Waals surface area contributed by atoms with Crippen LogP contribution in [-0.2, 0) is 21.4 Å². The van der Waals surface area contributed by atoms with Crippen molar-refractivity contribution >= 4 is 27.5 Å². The van der Waals surface area contributed by atoms with Crippen LogP contribution in [0.3, 0.4) is 0 Å². The average Bonchev–Trinajstić information content (AvgIpc) is 3.46. The van der Waals surface area contributed by atoms with E-state index in [0.717, 1.165) is 22.7 Å². The van der Waals surface area contributed by atoms with Crippen LogP contribution in [0.5, 0.6) is 5.75 Å². The molecule has 1 N–H and O–H groups in total. The first-order chi connectivity index (χ1) is 12.9. The summed E-state index contributed by atoms with van der Waals surface area (Å²) in [7, 11) is -2.62. The largest absolute Gasteiger partial charge is 0.495 e. The Balaban J connectivity index is 1.94. The van der Waals surface area contributed by atoms with E-state index >= 15 is 0 Å². The van der Waals surface area contributed by atoms with Crippen molar-refractivity contribution in [3.05, 3.63) is 59.1 Å². The van der Waals surface area contributed by atoms with E-state index in [0.29, 0.717) is 0 Å². The molecule has 0 aliphatic heterocycles. The number of hydrogen-bond donors (Lipinski definition) is 1. The van der Waals surface area contributed by atoms with Gasteiger partial charge in [0.1, 0.15) is 10.6 Å². The lowest BCUT2D eigenvalue weighted by Crippen LogP contribution is -2.41. The molecule has 0 spiro atoms. The number of benzene rings is 2. The number of sulfonamides is 1. The summed E-state index contributed by atoms with van der Waals surface area (Å²) in [5.74, 6) is -0.141. The molecular formula is C19H21ClN2O4S. The van der Waals surface area contributed by atoms with Gasteiger partial charge in [0.2, 0.25) is 15.9 Å². The maximum absolute atomic E-state index is 13.3. The minimum Gasteiger partial charge on any atom is -0.495 e. The van der Waals surface area contributed by atoms with Crippen molar-refractivity contribution in [1.29, 1.82) is 0 Å². The molecule has 144 valence electrons. The molecule has 0 saturated heterocycles. The highest BCUT2D eigenvalue weighted by molar-refractivity contribution is 7.89. The van der Waals surface area contributed by atoms with Crippen LogP contribution in [0.15, 0.2) is 53.4 Å². The van der Waals surface area contributed by atoms with Gasteiger partial charge in [0.15, 0.2) is 0 Å². The van der Waals surface area contributed by atoms with Crippen molar-refractivity contribution in [2.75, 3.05) is 13.7 Å². The fourth-order valence-corrected chi connectivity index (χ4v) is 4.47. The number of methoxy groups -OCH3 is 1. The number of ether oxygens (including phenoxy) is 1. The Morgan fingerprint density at radius 3 is 2.56 bits per heavy atom. The summed E-state index contributed by atoms with van der Waals surface area (Å²) in [5, 5.41) is 3.11. The van der Waals surface area contributed by atoms with E-state index in [1.807, 2.05) is 30.3 Å². The first kappa shape index (κ1) is 19.7. The Morgan fingerprint density at radius 1 is 1.22 bits per heavy atom. The Kier molecular flexibility index (Phi) is 6.04. The van der Waals surface area contributed by atoms with Gasteiger partial charge in [-0.25, -0.2) is 8.42 Å². The molecule has 2 aromatic rings. The van der Waals surface area contributed by atoms with E-state index in [2.05, 4.69) is 5.32 Å². The third-order valence-electron chi connectivity index (χ3n) is 4.21. The van der Waals surface area contributed by atoms with Crippen molar-refractivity contribution < 1.29 is 17.9 Å². The molecule has 3 rings (SSSR count). The summed E-state index contributed by atoms with van der Waals surface area (Å²) >= 11 is 6.01. The third kappa shape index (κ3) is 5.00. The van der Waals surface area contributed by atoms with E-state index in [1.54, 1.807) is 6.07 Å². The minimum atomic E-state index is -4.01. The molecule has 0 radical (unpaired) electrons. The molecule has 1 amide bonds. The molecule has 0 atom stereocenters. The molecule has 0 aromatic heterocycles. The molecule has 1 fully saturated rings. The topological polar surface area (TPSA) is 75.7 Å². The smallest absolute Gasteiger partial charge is 0.247 e. The van der Waals surface area contributed by atoms with Crippen molar-refractivity contribution in [3.8, 4) is 5.75 Å². The van der Waals surface area contributed by atoms with Gasteiger partial charge in [-0.3, -0.25) is 4.79 Å². The summed E-state index contributed by atoms with van der Waals surface area (Å²) in [6, 6.07) is 13.7. The predicted molar refractivity (Wildman–Crippen MR) is 103 cm³/mol. The Labute approximate surface area is 164 Å². The van der Waals surface area contributed by atoms with Crippen molar-refractivity contribution in [2.45, 2.75) is 30.3 Å². The van der Waals surface area contributed by atoms with E-state index in [9.17, 15) is 13.2 Å². The van der Waals surface area contributed by atoms with Crippen LogP contribution in [0.1, 0.15) is 18.4 Å². The van der Waals surface area contributed by atoms with Crippen molar-refractivity contribution in [3.63, 3.8) is 0 Å². The zero-order chi connectivity index (χ0) is 19.4. The van der Waals surface area contributed by atoms with Gasteiger partial charge in [-0.15, -0.1) is 0 Å². The molecule has 1 aliphatic carbocycles. The van der Waals surface area contributed by atoms with Crippen LogP contribution in [0, 0.1) is 0 Å². The molecule has 0 unspecified atom stereocenters. The number of carbonyl (C=O) groups is 1. The first-order valence-electron chi connectivity index (χ1n) is 8.57. The van der Waals surface area contributed by atoms with Gasteiger partial charge in [-0.05, 0) is 36.6 Å². The first-order valence-corrected chi connectivity index (χ1v) is 10.4.